The summed E-state index contributed by atoms with van der Waals surface area (Å²) >= 11 is 1.17. The van der Waals surface area contributed by atoms with E-state index in [4.69, 9.17) is 5.11 Å². The van der Waals surface area contributed by atoms with Crippen LogP contribution in [0.1, 0.15) is 36.6 Å². The van der Waals surface area contributed by atoms with Crippen LogP contribution < -0.4 is 5.32 Å². The maximum Gasteiger partial charge on any atom is 0.322 e. The number of aryl methyl sites for hydroxylation is 1. The zero-order valence-corrected chi connectivity index (χ0v) is 13.8. The van der Waals surface area contributed by atoms with Crippen molar-refractivity contribution in [3.05, 3.63) is 22.9 Å². The number of aromatic nitrogens is 1. The number of nitriles is 1. The van der Waals surface area contributed by atoms with Crippen molar-refractivity contribution < 1.29 is 14.7 Å². The highest BCUT2D eigenvalue weighted by Crippen LogP contribution is 2.30. The molecule has 0 aliphatic heterocycles. The van der Waals surface area contributed by atoms with Gasteiger partial charge in [0.1, 0.15) is 17.6 Å². The van der Waals surface area contributed by atoms with E-state index in [0.717, 1.165) is 36.9 Å². The van der Waals surface area contributed by atoms with Crippen molar-refractivity contribution >= 4 is 23.6 Å². The van der Waals surface area contributed by atoms with Crippen LogP contribution in [0.15, 0.2) is 11.1 Å². The van der Waals surface area contributed by atoms with Gasteiger partial charge in [-0.15, -0.1) is 0 Å². The Morgan fingerprint density at radius 2 is 2.35 bits per heavy atom. The summed E-state index contributed by atoms with van der Waals surface area (Å²) in [5.74, 6) is -0.771. The molecule has 2 rings (SSSR count). The van der Waals surface area contributed by atoms with Crippen LogP contribution in [-0.4, -0.2) is 34.3 Å². The third kappa shape index (κ3) is 4.70. The maximum atomic E-state index is 11.6. The molecule has 0 saturated carbocycles. The van der Waals surface area contributed by atoms with E-state index in [-0.39, 0.29) is 11.7 Å². The van der Waals surface area contributed by atoms with Crippen molar-refractivity contribution in [3.63, 3.8) is 0 Å². The van der Waals surface area contributed by atoms with Crippen molar-refractivity contribution in [2.24, 2.45) is 5.92 Å². The monoisotopic (exact) mass is 333 g/mol. The minimum atomic E-state index is -1.08. The fourth-order valence-corrected chi connectivity index (χ4v) is 3.42. The minimum absolute atomic E-state index is 0.0470. The summed E-state index contributed by atoms with van der Waals surface area (Å²) < 4.78 is 0. The molecule has 0 radical (unpaired) electrons. The van der Waals surface area contributed by atoms with Crippen LogP contribution in [0.4, 0.5) is 0 Å². The van der Waals surface area contributed by atoms with Gasteiger partial charge in [0.05, 0.1) is 11.3 Å². The van der Waals surface area contributed by atoms with Gasteiger partial charge in [0.25, 0.3) is 0 Å². The number of carboxylic acid groups (broad SMARTS) is 1. The molecule has 0 fully saturated rings. The van der Waals surface area contributed by atoms with Gasteiger partial charge in [-0.25, -0.2) is 4.98 Å². The second-order valence-electron chi connectivity index (χ2n) is 5.53. The zero-order chi connectivity index (χ0) is 16.8. The van der Waals surface area contributed by atoms with E-state index in [9.17, 15) is 14.9 Å². The van der Waals surface area contributed by atoms with Crippen molar-refractivity contribution in [2.45, 2.75) is 37.6 Å². The molecule has 1 amide bonds. The van der Waals surface area contributed by atoms with Crippen molar-refractivity contribution in [1.82, 2.24) is 10.3 Å². The molecule has 2 N–H and O–H groups in total. The van der Waals surface area contributed by atoms with Crippen molar-refractivity contribution in [1.29, 1.82) is 5.26 Å². The lowest BCUT2D eigenvalue weighted by atomic mass is 9.85. The summed E-state index contributed by atoms with van der Waals surface area (Å²) in [5, 5.41) is 20.7. The normalized spacial score (nSPS) is 16.3. The van der Waals surface area contributed by atoms with Crippen LogP contribution in [0.3, 0.4) is 0 Å². The number of hydrogen-bond donors (Lipinski definition) is 2. The Hall–Kier alpha value is -2.07. The van der Waals surface area contributed by atoms with E-state index in [0.29, 0.717) is 16.5 Å². The first-order valence-corrected chi connectivity index (χ1v) is 8.56. The van der Waals surface area contributed by atoms with E-state index in [1.807, 2.05) is 6.07 Å². The molecule has 1 aromatic rings. The average Bonchev–Trinajstić information content (AvgIpc) is 2.56. The summed E-state index contributed by atoms with van der Waals surface area (Å²) in [6.45, 7) is 1.77. The van der Waals surface area contributed by atoms with Gasteiger partial charge in [-0.3, -0.25) is 9.59 Å². The number of rotatable bonds is 6. The third-order valence-corrected chi connectivity index (χ3v) is 4.92. The van der Waals surface area contributed by atoms with E-state index in [2.05, 4.69) is 23.3 Å². The lowest BCUT2D eigenvalue weighted by Gasteiger charge is -2.23. The molecular formula is C16H19N3O3S. The van der Waals surface area contributed by atoms with Crippen molar-refractivity contribution in [3.8, 4) is 6.07 Å². The fourth-order valence-electron chi connectivity index (χ4n) is 2.62. The second-order valence-corrected chi connectivity index (χ2v) is 6.50. The number of carboxylic acids is 1. The molecule has 6 nitrogen and oxygen atoms in total. The summed E-state index contributed by atoms with van der Waals surface area (Å²) in [4.78, 5) is 26.6. The first-order chi connectivity index (χ1) is 11.0. The molecule has 122 valence electrons. The molecule has 7 heteroatoms. The van der Waals surface area contributed by atoms with Gasteiger partial charge in [0.2, 0.25) is 5.91 Å². The molecule has 1 aliphatic rings. The van der Waals surface area contributed by atoms with E-state index in [1.165, 1.54) is 11.8 Å². The number of thioether (sulfide) groups is 1. The number of nitrogens with zero attached hydrogens (tertiary/aromatic N) is 2. The fraction of sp³-hybridized carbons (Fsp3) is 0.500. The predicted molar refractivity (Wildman–Crippen MR) is 86.1 cm³/mol. The Morgan fingerprint density at radius 3 is 3.00 bits per heavy atom. The number of nitrogens with one attached hydrogen (secondary N) is 1. The number of aliphatic carboxylic acids is 1. The maximum absolute atomic E-state index is 11.6. The molecule has 0 aromatic carbocycles. The number of pyridine rings is 1. The molecule has 1 atom stereocenters. The number of carbonyl (C=O) groups excluding carboxylic acids is 1. The number of amides is 1. The van der Waals surface area contributed by atoms with E-state index >= 15 is 0 Å². The van der Waals surface area contributed by atoms with Crippen molar-refractivity contribution in [2.75, 3.05) is 12.3 Å². The summed E-state index contributed by atoms with van der Waals surface area (Å²) in [6.07, 6.45) is 4.09. The van der Waals surface area contributed by atoms with E-state index in [1.54, 1.807) is 0 Å². The molecule has 0 unspecified atom stereocenters. The van der Waals surface area contributed by atoms with Crippen LogP contribution in [0, 0.1) is 17.2 Å². The Morgan fingerprint density at radius 1 is 1.57 bits per heavy atom. The molecule has 0 saturated heterocycles. The Labute approximate surface area is 139 Å². The highest BCUT2D eigenvalue weighted by molar-refractivity contribution is 8.00. The molecule has 0 spiro atoms. The summed E-state index contributed by atoms with van der Waals surface area (Å²) in [5.41, 5.74) is 2.64. The highest BCUT2D eigenvalue weighted by Gasteiger charge is 2.21. The van der Waals surface area contributed by atoms with Crippen LogP contribution in [-0.2, 0) is 22.4 Å². The largest absolute Gasteiger partial charge is 0.480 e. The minimum Gasteiger partial charge on any atom is -0.480 e. The third-order valence-electron chi connectivity index (χ3n) is 3.93. The van der Waals surface area contributed by atoms with E-state index < -0.39 is 12.5 Å². The molecule has 1 heterocycles. The Bertz CT molecular complexity index is 655. The topological polar surface area (TPSA) is 103 Å². The van der Waals surface area contributed by atoms with Gasteiger partial charge in [0.15, 0.2) is 0 Å². The molecular weight excluding hydrogens is 314 g/mol. The Kier molecular flexibility index (Phi) is 5.99. The molecule has 1 aliphatic carbocycles. The zero-order valence-electron chi connectivity index (χ0n) is 13.0. The highest BCUT2D eigenvalue weighted by atomic mass is 32.2. The smallest absolute Gasteiger partial charge is 0.322 e. The van der Waals surface area contributed by atoms with Crippen LogP contribution in [0.5, 0.6) is 0 Å². The SMILES string of the molecule is CC[C@H]1CCc2nc(SCC(=O)NCC(=O)O)c(C#N)cc2C1. The first-order valence-electron chi connectivity index (χ1n) is 7.57. The van der Waals surface area contributed by atoms with Gasteiger partial charge >= 0.3 is 5.97 Å². The summed E-state index contributed by atoms with van der Waals surface area (Å²) in [6, 6.07) is 4.03. The van der Waals surface area contributed by atoms with Gasteiger partial charge in [-0.1, -0.05) is 25.1 Å². The molecule has 0 bridgehead atoms. The van der Waals surface area contributed by atoms with Gasteiger partial charge in [0, 0.05) is 5.69 Å². The predicted octanol–water partition coefficient (Wildman–Crippen LogP) is 1.76. The average molecular weight is 333 g/mol. The van der Waals surface area contributed by atoms with Crippen LogP contribution >= 0.6 is 11.8 Å². The van der Waals surface area contributed by atoms with Crippen LogP contribution in [0.2, 0.25) is 0 Å². The lowest BCUT2D eigenvalue weighted by Crippen LogP contribution is -2.30. The molecule has 23 heavy (non-hydrogen) atoms. The number of fused-ring (bicyclic) bond motifs is 1. The van der Waals surface area contributed by atoms with Gasteiger partial charge in [-0.05, 0) is 36.8 Å². The van der Waals surface area contributed by atoms with Gasteiger partial charge in [-0.2, -0.15) is 5.26 Å². The van der Waals surface area contributed by atoms with Gasteiger partial charge < -0.3 is 10.4 Å². The van der Waals surface area contributed by atoms with Crippen LogP contribution in [0.25, 0.3) is 0 Å². The molecule has 1 aromatic heterocycles. The lowest BCUT2D eigenvalue weighted by molar-refractivity contribution is -0.137. The number of hydrogen-bond acceptors (Lipinski definition) is 5. The first kappa shape index (κ1) is 17.3. The second kappa shape index (κ2) is 7.97. The summed E-state index contributed by atoms with van der Waals surface area (Å²) in [7, 11) is 0. The number of carbonyl (C=O) groups is 2. The standard InChI is InChI=1S/C16H19N3O3S/c1-2-10-3-4-13-11(5-10)6-12(7-17)16(19-13)23-9-14(20)18-8-15(21)22/h6,10H,2-5,8-9H2,1H3,(H,18,20)(H,21,22)/t10-/m0/s1. The quantitative estimate of drug-likeness (QED) is 0.769. The Balaban J connectivity index is 2.06.